The molecule has 0 saturated carbocycles. The smallest absolute Gasteiger partial charge is 0.193 e. The summed E-state index contributed by atoms with van der Waals surface area (Å²) in [6.07, 6.45) is 0.954. The van der Waals surface area contributed by atoms with Crippen LogP contribution in [0.4, 0.5) is 0 Å². The lowest BCUT2D eigenvalue weighted by molar-refractivity contribution is 0.103. The maximum atomic E-state index is 12.5. The van der Waals surface area contributed by atoms with Gasteiger partial charge in [-0.25, -0.2) is 0 Å². The zero-order chi connectivity index (χ0) is 14.5. The molecule has 2 aromatic carbocycles. The Kier molecular flexibility index (Phi) is 4.57. The average molecular weight is 268 g/mol. The highest BCUT2D eigenvalue weighted by atomic mass is 16.5. The van der Waals surface area contributed by atoms with Gasteiger partial charge in [0.2, 0.25) is 0 Å². The predicted molar refractivity (Wildman–Crippen MR) is 81.6 cm³/mol. The fourth-order valence-corrected chi connectivity index (χ4v) is 2.17. The summed E-state index contributed by atoms with van der Waals surface area (Å²) in [5.41, 5.74) is 3.60. The predicted octanol–water partition coefficient (Wildman–Crippen LogP) is 4.32. The molecule has 20 heavy (non-hydrogen) atoms. The number of rotatable bonds is 5. The molecule has 0 aliphatic heterocycles. The third kappa shape index (κ3) is 3.27. The number of aryl methyl sites for hydroxylation is 2. The van der Waals surface area contributed by atoms with Crippen LogP contribution < -0.4 is 4.74 Å². The van der Waals surface area contributed by atoms with Crippen LogP contribution in [0.15, 0.2) is 42.5 Å². The minimum absolute atomic E-state index is 0.0458. The van der Waals surface area contributed by atoms with E-state index in [0.29, 0.717) is 12.2 Å². The maximum Gasteiger partial charge on any atom is 0.193 e. The summed E-state index contributed by atoms with van der Waals surface area (Å²) in [4.78, 5) is 12.5. The van der Waals surface area contributed by atoms with E-state index in [1.54, 1.807) is 0 Å². The first-order chi connectivity index (χ1) is 9.61. The number of benzene rings is 2. The normalized spacial score (nSPS) is 10.3. The topological polar surface area (TPSA) is 26.3 Å². The Bertz CT molecular complexity index is 615. The first-order valence-electron chi connectivity index (χ1n) is 6.96. The molecule has 0 bridgehead atoms. The second-order valence-corrected chi connectivity index (χ2v) is 5.02. The molecule has 2 nitrogen and oxygen atoms in total. The number of hydrogen-bond acceptors (Lipinski definition) is 2. The van der Waals surface area contributed by atoms with Crippen molar-refractivity contribution >= 4 is 5.78 Å². The Labute approximate surface area is 120 Å². The largest absolute Gasteiger partial charge is 0.494 e. The molecule has 0 aromatic heterocycles. The highest BCUT2D eigenvalue weighted by molar-refractivity contribution is 6.10. The Morgan fingerprint density at radius 2 is 1.90 bits per heavy atom. The van der Waals surface area contributed by atoms with Gasteiger partial charge in [0.05, 0.1) is 6.61 Å². The van der Waals surface area contributed by atoms with Crippen LogP contribution in [0, 0.1) is 13.8 Å². The number of ether oxygens (including phenoxy) is 1. The Hall–Kier alpha value is -2.09. The van der Waals surface area contributed by atoms with Crippen molar-refractivity contribution in [2.45, 2.75) is 27.2 Å². The zero-order valence-corrected chi connectivity index (χ0v) is 12.3. The van der Waals surface area contributed by atoms with Crippen LogP contribution in [-0.4, -0.2) is 12.4 Å². The zero-order valence-electron chi connectivity index (χ0n) is 12.3. The average Bonchev–Trinajstić information content (AvgIpc) is 2.45. The van der Waals surface area contributed by atoms with Crippen LogP contribution in [0.1, 0.15) is 40.4 Å². The lowest BCUT2D eigenvalue weighted by Crippen LogP contribution is -2.04. The molecule has 0 aliphatic carbocycles. The minimum atomic E-state index is 0.0458. The van der Waals surface area contributed by atoms with Gasteiger partial charge in [0.15, 0.2) is 5.78 Å². The van der Waals surface area contributed by atoms with Gasteiger partial charge in [-0.2, -0.15) is 0 Å². The van der Waals surface area contributed by atoms with Crippen LogP contribution in [0.5, 0.6) is 5.75 Å². The van der Waals surface area contributed by atoms with Crippen LogP contribution in [0.3, 0.4) is 0 Å². The van der Waals surface area contributed by atoms with Crippen LogP contribution in [-0.2, 0) is 0 Å². The van der Waals surface area contributed by atoms with E-state index in [2.05, 4.69) is 6.92 Å². The molecule has 0 amide bonds. The summed E-state index contributed by atoms with van der Waals surface area (Å²) >= 11 is 0. The van der Waals surface area contributed by atoms with E-state index in [9.17, 15) is 4.79 Å². The van der Waals surface area contributed by atoms with Crippen molar-refractivity contribution in [1.29, 1.82) is 0 Å². The van der Waals surface area contributed by atoms with Gasteiger partial charge in [-0.15, -0.1) is 0 Å². The Morgan fingerprint density at radius 3 is 2.60 bits per heavy atom. The van der Waals surface area contributed by atoms with Gasteiger partial charge < -0.3 is 4.74 Å². The van der Waals surface area contributed by atoms with Crippen LogP contribution in [0.2, 0.25) is 0 Å². The standard InChI is InChI=1S/C18H20O2/c1-4-10-20-16-7-5-6-15(12-16)18(19)17-9-8-13(2)11-14(17)3/h5-9,11-12H,4,10H2,1-3H3. The quantitative estimate of drug-likeness (QED) is 0.755. The molecule has 0 aliphatic rings. The summed E-state index contributed by atoms with van der Waals surface area (Å²) in [7, 11) is 0. The second-order valence-electron chi connectivity index (χ2n) is 5.02. The third-order valence-electron chi connectivity index (χ3n) is 3.20. The van der Waals surface area contributed by atoms with Gasteiger partial charge in [-0.05, 0) is 38.0 Å². The van der Waals surface area contributed by atoms with E-state index in [1.165, 1.54) is 5.56 Å². The first-order valence-corrected chi connectivity index (χ1v) is 6.96. The third-order valence-corrected chi connectivity index (χ3v) is 3.20. The summed E-state index contributed by atoms with van der Waals surface area (Å²) in [5, 5.41) is 0. The van der Waals surface area contributed by atoms with E-state index in [1.807, 2.05) is 56.3 Å². The Morgan fingerprint density at radius 1 is 1.10 bits per heavy atom. The molecule has 2 heteroatoms. The lowest BCUT2D eigenvalue weighted by atomic mass is 9.97. The Balaban J connectivity index is 2.28. The molecule has 0 atom stereocenters. The molecule has 0 N–H and O–H groups in total. The molecular weight excluding hydrogens is 248 g/mol. The van der Waals surface area contributed by atoms with Crippen molar-refractivity contribution in [3.63, 3.8) is 0 Å². The van der Waals surface area contributed by atoms with Crippen LogP contribution >= 0.6 is 0 Å². The number of carbonyl (C=O) groups is 1. The highest BCUT2D eigenvalue weighted by Crippen LogP contribution is 2.19. The minimum Gasteiger partial charge on any atom is -0.494 e. The van der Waals surface area contributed by atoms with Crippen molar-refractivity contribution in [3.8, 4) is 5.75 Å². The van der Waals surface area contributed by atoms with E-state index >= 15 is 0 Å². The van der Waals surface area contributed by atoms with Crippen LogP contribution in [0.25, 0.3) is 0 Å². The summed E-state index contributed by atoms with van der Waals surface area (Å²) < 4.78 is 5.58. The molecule has 0 saturated heterocycles. The second kappa shape index (κ2) is 6.38. The fraction of sp³-hybridized carbons (Fsp3) is 0.278. The summed E-state index contributed by atoms with van der Waals surface area (Å²) in [6.45, 7) is 6.73. The van der Waals surface area contributed by atoms with E-state index in [4.69, 9.17) is 4.74 Å². The van der Waals surface area contributed by atoms with Crippen molar-refractivity contribution < 1.29 is 9.53 Å². The monoisotopic (exact) mass is 268 g/mol. The molecule has 0 unspecified atom stereocenters. The molecule has 2 rings (SSSR count). The SMILES string of the molecule is CCCOc1cccc(C(=O)c2ccc(C)cc2C)c1. The number of hydrogen-bond donors (Lipinski definition) is 0. The van der Waals surface area contributed by atoms with Gasteiger partial charge in [-0.1, -0.05) is 42.8 Å². The molecule has 2 aromatic rings. The molecule has 0 heterocycles. The van der Waals surface area contributed by atoms with Gasteiger partial charge in [-0.3, -0.25) is 4.79 Å². The molecule has 104 valence electrons. The summed E-state index contributed by atoms with van der Waals surface area (Å²) in [6, 6.07) is 13.3. The van der Waals surface area contributed by atoms with Gasteiger partial charge in [0, 0.05) is 11.1 Å². The van der Waals surface area contributed by atoms with Gasteiger partial charge in [0.25, 0.3) is 0 Å². The molecular formula is C18H20O2. The number of ketones is 1. The molecule has 0 radical (unpaired) electrons. The molecule has 0 spiro atoms. The molecule has 0 fully saturated rings. The van der Waals surface area contributed by atoms with Crippen molar-refractivity contribution in [2.75, 3.05) is 6.61 Å². The van der Waals surface area contributed by atoms with Crippen molar-refractivity contribution in [1.82, 2.24) is 0 Å². The number of carbonyl (C=O) groups excluding carboxylic acids is 1. The fourth-order valence-electron chi connectivity index (χ4n) is 2.17. The lowest BCUT2D eigenvalue weighted by Gasteiger charge is -2.08. The highest BCUT2D eigenvalue weighted by Gasteiger charge is 2.12. The van der Waals surface area contributed by atoms with E-state index < -0.39 is 0 Å². The van der Waals surface area contributed by atoms with Crippen molar-refractivity contribution in [3.05, 3.63) is 64.7 Å². The van der Waals surface area contributed by atoms with Gasteiger partial charge in [0.1, 0.15) is 5.75 Å². The van der Waals surface area contributed by atoms with Crippen molar-refractivity contribution in [2.24, 2.45) is 0 Å². The first kappa shape index (κ1) is 14.3. The maximum absolute atomic E-state index is 12.5. The van der Waals surface area contributed by atoms with E-state index in [0.717, 1.165) is 23.3 Å². The van der Waals surface area contributed by atoms with E-state index in [-0.39, 0.29) is 5.78 Å². The van der Waals surface area contributed by atoms with Gasteiger partial charge >= 0.3 is 0 Å². The summed E-state index contributed by atoms with van der Waals surface area (Å²) in [5.74, 6) is 0.798.